The highest BCUT2D eigenvalue weighted by Gasteiger charge is 2.30. The molecule has 4 rings (SSSR count). The number of thioether (sulfide) groups is 1. The van der Waals surface area contributed by atoms with E-state index < -0.39 is 12.0 Å². The zero-order valence-electron chi connectivity index (χ0n) is 20.7. The van der Waals surface area contributed by atoms with Crippen molar-refractivity contribution < 1.29 is 19.5 Å². The van der Waals surface area contributed by atoms with Crippen molar-refractivity contribution in [3.63, 3.8) is 0 Å². The van der Waals surface area contributed by atoms with E-state index in [1.165, 1.54) is 17.8 Å². The van der Waals surface area contributed by atoms with Crippen molar-refractivity contribution in [2.24, 2.45) is 5.92 Å². The minimum absolute atomic E-state index is 0.130. The fourth-order valence-corrected chi connectivity index (χ4v) is 5.59. The van der Waals surface area contributed by atoms with Crippen molar-refractivity contribution in [2.45, 2.75) is 30.2 Å². The summed E-state index contributed by atoms with van der Waals surface area (Å²) < 4.78 is 0. The third kappa shape index (κ3) is 6.67. The first-order valence-corrected chi connectivity index (χ1v) is 14.1. The van der Waals surface area contributed by atoms with E-state index in [0.29, 0.717) is 41.5 Å². The van der Waals surface area contributed by atoms with Crippen LogP contribution in [0.5, 0.6) is 0 Å². The number of nitrogens with one attached hydrogen (secondary N) is 1. The molecule has 2 amide bonds. The van der Waals surface area contributed by atoms with Gasteiger partial charge in [0.25, 0.3) is 0 Å². The maximum atomic E-state index is 12.9. The molecule has 10 heteroatoms. The molecule has 0 unspecified atom stereocenters. The Bertz CT molecular complexity index is 1390. The number of nitrogens with zero attached hydrogens (tertiary/aromatic N) is 2. The zero-order chi connectivity index (χ0) is 27.2. The van der Waals surface area contributed by atoms with Crippen LogP contribution >= 0.6 is 35.0 Å². The number of aliphatic carboxylic acids is 1. The third-order valence-corrected chi connectivity index (χ3v) is 8.37. The molecule has 3 aromatic rings. The van der Waals surface area contributed by atoms with Gasteiger partial charge in [0, 0.05) is 48.0 Å². The molecule has 0 radical (unpaired) electrons. The van der Waals surface area contributed by atoms with Crippen molar-refractivity contribution in [3.8, 4) is 0 Å². The molecule has 1 fully saturated rings. The normalized spacial score (nSPS) is 15.1. The molecular weight excluding hydrogens is 545 g/mol. The van der Waals surface area contributed by atoms with E-state index in [4.69, 9.17) is 23.2 Å². The first-order chi connectivity index (χ1) is 18.3. The Morgan fingerprint density at radius 1 is 1.16 bits per heavy atom. The number of hydrogen-bond acceptors (Lipinski definition) is 5. The van der Waals surface area contributed by atoms with E-state index >= 15 is 0 Å². The van der Waals surface area contributed by atoms with Crippen molar-refractivity contribution >= 4 is 69.7 Å². The van der Waals surface area contributed by atoms with Crippen LogP contribution in [-0.4, -0.2) is 58.2 Å². The molecule has 1 aliphatic rings. The molecule has 0 spiro atoms. The number of piperidine rings is 1. The van der Waals surface area contributed by atoms with Gasteiger partial charge in [-0.25, -0.2) is 4.79 Å². The van der Waals surface area contributed by atoms with Gasteiger partial charge in [-0.3, -0.25) is 14.6 Å². The van der Waals surface area contributed by atoms with E-state index in [9.17, 15) is 19.5 Å². The van der Waals surface area contributed by atoms with Gasteiger partial charge in [-0.2, -0.15) is 0 Å². The number of hydrogen-bond donors (Lipinski definition) is 2. The lowest BCUT2D eigenvalue weighted by Crippen LogP contribution is -2.48. The highest BCUT2D eigenvalue weighted by Crippen LogP contribution is 2.35. The molecule has 2 N–H and O–H groups in total. The fraction of sp³-hybridized carbons (Fsp3) is 0.286. The molecular formula is C28H27Cl2N3O4S. The number of benzene rings is 2. The maximum Gasteiger partial charge on any atom is 0.326 e. The topological polar surface area (TPSA) is 99.6 Å². The van der Waals surface area contributed by atoms with Crippen molar-refractivity contribution in [2.75, 3.05) is 19.3 Å². The number of rotatable bonds is 8. The standard InChI is InChI=1S/C28H27Cl2N3O4S/c1-38-23-8-6-18(25(29)26(23)30)7-9-24(34)33-12-10-19(11-13-33)27(35)32-22(28(36)37)15-17-14-20-4-2-3-5-21(20)31-16-17/h2-9,14,16,19,22H,10-13,15H2,1H3,(H,32,35)(H,36,37)/b9-7+/t22-/m0/s1. The summed E-state index contributed by atoms with van der Waals surface area (Å²) in [5.74, 6) is -1.97. The van der Waals surface area contributed by atoms with Gasteiger partial charge in [-0.05, 0) is 54.5 Å². The second kappa shape index (κ2) is 12.7. The van der Waals surface area contributed by atoms with E-state index in [1.54, 1.807) is 17.2 Å². The Balaban J connectivity index is 1.31. The molecule has 0 bridgehead atoms. The van der Waals surface area contributed by atoms with Crippen molar-refractivity contribution in [1.82, 2.24) is 15.2 Å². The highest BCUT2D eigenvalue weighted by atomic mass is 35.5. The quantitative estimate of drug-likeness (QED) is 0.280. The third-order valence-electron chi connectivity index (χ3n) is 6.58. The van der Waals surface area contributed by atoms with E-state index in [1.807, 2.05) is 48.7 Å². The first kappa shape index (κ1) is 28.0. The number of pyridine rings is 1. The van der Waals surface area contributed by atoms with E-state index in [0.717, 1.165) is 21.4 Å². The predicted octanol–water partition coefficient (Wildman–Crippen LogP) is 5.33. The lowest BCUT2D eigenvalue weighted by Gasteiger charge is -2.31. The van der Waals surface area contributed by atoms with E-state index in [-0.39, 0.29) is 24.2 Å². The minimum Gasteiger partial charge on any atom is -0.480 e. The van der Waals surface area contributed by atoms with Gasteiger partial charge in [0.2, 0.25) is 11.8 Å². The molecule has 0 saturated carbocycles. The summed E-state index contributed by atoms with van der Waals surface area (Å²) in [6.07, 6.45) is 7.67. The predicted molar refractivity (Wildman–Crippen MR) is 152 cm³/mol. The second-order valence-corrected chi connectivity index (χ2v) is 10.7. The summed E-state index contributed by atoms with van der Waals surface area (Å²) in [6.45, 7) is 0.793. The Labute approximate surface area is 235 Å². The highest BCUT2D eigenvalue weighted by molar-refractivity contribution is 7.98. The second-order valence-electron chi connectivity index (χ2n) is 9.06. The molecule has 1 atom stereocenters. The van der Waals surface area contributed by atoms with Gasteiger partial charge in [-0.1, -0.05) is 47.5 Å². The minimum atomic E-state index is -1.10. The smallest absolute Gasteiger partial charge is 0.326 e. The zero-order valence-corrected chi connectivity index (χ0v) is 23.0. The molecule has 2 heterocycles. The summed E-state index contributed by atoms with van der Waals surface area (Å²) in [5.41, 5.74) is 2.20. The Morgan fingerprint density at radius 3 is 2.61 bits per heavy atom. The molecule has 0 aliphatic carbocycles. The SMILES string of the molecule is CSc1ccc(/C=C/C(=O)N2CCC(C(=O)N[C@@H](Cc3cnc4ccccc4c3)C(=O)O)CC2)c(Cl)c1Cl. The molecule has 1 saturated heterocycles. The lowest BCUT2D eigenvalue weighted by molar-refractivity contribution is -0.142. The van der Waals surface area contributed by atoms with Crippen LogP contribution in [0.2, 0.25) is 10.0 Å². The summed E-state index contributed by atoms with van der Waals surface area (Å²) in [7, 11) is 0. The largest absolute Gasteiger partial charge is 0.480 e. The average molecular weight is 573 g/mol. The first-order valence-electron chi connectivity index (χ1n) is 12.1. The number of para-hydroxylation sites is 1. The molecule has 2 aromatic carbocycles. The number of carbonyl (C=O) groups is 3. The monoisotopic (exact) mass is 571 g/mol. The molecule has 38 heavy (non-hydrogen) atoms. The number of carboxylic acid groups (broad SMARTS) is 1. The van der Waals surface area contributed by atoms with Crippen LogP contribution in [0.4, 0.5) is 0 Å². The fourth-order valence-electron chi connectivity index (χ4n) is 4.42. The number of halogens is 2. The summed E-state index contributed by atoms with van der Waals surface area (Å²) in [5, 5.41) is 14.2. The summed E-state index contributed by atoms with van der Waals surface area (Å²) in [4.78, 5) is 44.4. The Hall–Kier alpha value is -3.07. The van der Waals surface area contributed by atoms with E-state index in [2.05, 4.69) is 10.3 Å². The van der Waals surface area contributed by atoms with Crippen molar-refractivity contribution in [3.05, 3.63) is 75.9 Å². The number of carboxylic acids is 1. The van der Waals surface area contributed by atoms with Crippen molar-refractivity contribution in [1.29, 1.82) is 0 Å². The van der Waals surface area contributed by atoms with Gasteiger partial charge in [0.05, 0.1) is 15.6 Å². The average Bonchev–Trinajstić information content (AvgIpc) is 2.93. The summed E-state index contributed by atoms with van der Waals surface area (Å²) in [6, 6.07) is 12.1. The number of carbonyl (C=O) groups excluding carboxylic acids is 2. The molecule has 7 nitrogen and oxygen atoms in total. The van der Waals surface area contributed by atoms with Crippen LogP contribution in [0, 0.1) is 5.92 Å². The van der Waals surface area contributed by atoms with Crippen LogP contribution in [-0.2, 0) is 20.8 Å². The van der Waals surface area contributed by atoms with Crippen LogP contribution in [0.3, 0.4) is 0 Å². The number of fused-ring (bicyclic) bond motifs is 1. The molecule has 1 aliphatic heterocycles. The van der Waals surface area contributed by atoms with Gasteiger partial charge in [-0.15, -0.1) is 11.8 Å². The van der Waals surface area contributed by atoms with Crippen LogP contribution in [0.1, 0.15) is 24.0 Å². The lowest BCUT2D eigenvalue weighted by atomic mass is 9.95. The van der Waals surface area contributed by atoms with Gasteiger partial charge in [0.1, 0.15) is 6.04 Å². The summed E-state index contributed by atoms with van der Waals surface area (Å²) >= 11 is 14.1. The van der Waals surface area contributed by atoms with Gasteiger partial charge >= 0.3 is 5.97 Å². The Morgan fingerprint density at radius 2 is 1.89 bits per heavy atom. The van der Waals surface area contributed by atoms with Crippen LogP contribution in [0.15, 0.2) is 59.6 Å². The molecule has 1 aromatic heterocycles. The van der Waals surface area contributed by atoms with Crippen LogP contribution < -0.4 is 5.32 Å². The Kier molecular flexibility index (Phi) is 9.31. The number of likely N-dealkylation sites (tertiary alicyclic amines) is 1. The maximum absolute atomic E-state index is 12.9. The van der Waals surface area contributed by atoms with Gasteiger partial charge < -0.3 is 15.3 Å². The molecule has 198 valence electrons. The number of amides is 2. The van der Waals surface area contributed by atoms with Gasteiger partial charge in [0.15, 0.2) is 0 Å². The number of aromatic nitrogens is 1. The van der Waals surface area contributed by atoms with Crippen LogP contribution in [0.25, 0.3) is 17.0 Å².